The van der Waals surface area contributed by atoms with E-state index in [-0.39, 0.29) is 52.9 Å². The quantitative estimate of drug-likeness (QED) is 0.237. The largest absolute Gasteiger partial charge is 0.481 e. The molecule has 5 saturated carbocycles. The van der Waals surface area contributed by atoms with Crippen LogP contribution >= 0.6 is 0 Å². The molecular formula is C32H50O6. The molecule has 0 aromatic heterocycles. The first-order valence-corrected chi connectivity index (χ1v) is 14.9. The number of ether oxygens (including phenoxy) is 1. The topological polar surface area (TPSA) is 104 Å². The van der Waals surface area contributed by atoms with Crippen LogP contribution in [0.5, 0.6) is 0 Å². The van der Waals surface area contributed by atoms with E-state index >= 15 is 0 Å². The Morgan fingerprint density at radius 3 is 2.11 bits per heavy atom. The van der Waals surface area contributed by atoms with Gasteiger partial charge in [-0.25, -0.2) is 0 Å². The monoisotopic (exact) mass is 530 g/mol. The van der Waals surface area contributed by atoms with Crippen molar-refractivity contribution in [2.75, 3.05) is 0 Å². The lowest BCUT2D eigenvalue weighted by atomic mass is 9.31. The molecule has 11 atom stereocenters. The van der Waals surface area contributed by atoms with Crippen LogP contribution in [0.2, 0.25) is 0 Å². The number of allylic oxidation sites excluding steroid dienone is 1. The molecule has 0 heterocycles. The normalized spacial score (nSPS) is 53.1. The average Bonchev–Trinajstić information content (AvgIpc) is 3.20. The van der Waals surface area contributed by atoms with E-state index in [1.165, 1.54) is 6.92 Å². The first-order valence-electron chi connectivity index (χ1n) is 14.9. The van der Waals surface area contributed by atoms with E-state index in [1.54, 1.807) is 0 Å². The van der Waals surface area contributed by atoms with Gasteiger partial charge in [-0.2, -0.15) is 0 Å². The van der Waals surface area contributed by atoms with Crippen molar-refractivity contribution in [1.29, 1.82) is 0 Å². The van der Waals surface area contributed by atoms with Crippen LogP contribution in [0.15, 0.2) is 12.2 Å². The number of carbonyl (C=O) groups excluding carboxylic acids is 1. The zero-order chi connectivity index (χ0) is 28.3. The summed E-state index contributed by atoms with van der Waals surface area (Å²) in [5, 5.41) is 34.1. The number of fused-ring (bicyclic) bond motifs is 7. The van der Waals surface area contributed by atoms with Gasteiger partial charge in [-0.05, 0) is 110 Å². The standard InChI is InChI=1S/C32H50O6/c1-18(2)20-11-16-31(26(35)36)25(20)21-9-10-23-28(6)14-13-24(34)27(4,5)22(28)12-15-29(23,7)30(21,8)17-32(31,37)38-19(3)33/h20-25,34,37H,1,9-17H2,2-8H3,(H,35,36)/t20-,21+,22-,23+,24-,25+,28-,29+,30+,31-,32?/m0/s1. The van der Waals surface area contributed by atoms with E-state index in [0.29, 0.717) is 18.3 Å². The molecule has 3 N–H and O–H groups in total. The van der Waals surface area contributed by atoms with Gasteiger partial charge in [-0.15, -0.1) is 0 Å². The van der Waals surface area contributed by atoms with Crippen molar-refractivity contribution in [3.05, 3.63) is 12.2 Å². The summed E-state index contributed by atoms with van der Waals surface area (Å²) in [6.45, 7) is 19.1. The van der Waals surface area contributed by atoms with Crippen LogP contribution in [0.1, 0.15) is 106 Å². The van der Waals surface area contributed by atoms with E-state index in [1.807, 2.05) is 6.92 Å². The van der Waals surface area contributed by atoms with Crippen molar-refractivity contribution in [3.8, 4) is 0 Å². The van der Waals surface area contributed by atoms with E-state index in [2.05, 4.69) is 41.2 Å². The Morgan fingerprint density at radius 1 is 0.868 bits per heavy atom. The molecule has 5 rings (SSSR count). The predicted octanol–water partition coefficient (Wildman–Crippen LogP) is 5.95. The molecule has 0 bridgehead atoms. The average molecular weight is 531 g/mol. The van der Waals surface area contributed by atoms with Gasteiger partial charge in [0.15, 0.2) is 0 Å². The van der Waals surface area contributed by atoms with Crippen LogP contribution in [-0.2, 0) is 14.3 Å². The van der Waals surface area contributed by atoms with Crippen LogP contribution in [0.25, 0.3) is 0 Å². The molecule has 0 amide bonds. The van der Waals surface area contributed by atoms with Gasteiger partial charge < -0.3 is 20.1 Å². The molecule has 0 aliphatic heterocycles. The Labute approximate surface area is 228 Å². The zero-order valence-electron chi connectivity index (χ0n) is 24.6. The minimum absolute atomic E-state index is 0.0337. The number of carbonyl (C=O) groups is 2. The van der Waals surface area contributed by atoms with Crippen molar-refractivity contribution in [2.45, 2.75) is 118 Å². The van der Waals surface area contributed by atoms with Gasteiger partial charge in [0.05, 0.1) is 6.10 Å². The number of carboxylic acid groups (broad SMARTS) is 1. The van der Waals surface area contributed by atoms with Crippen molar-refractivity contribution < 1.29 is 29.6 Å². The van der Waals surface area contributed by atoms with E-state index < -0.39 is 28.6 Å². The Morgan fingerprint density at radius 2 is 1.53 bits per heavy atom. The molecule has 214 valence electrons. The molecule has 0 spiro atoms. The molecule has 6 heteroatoms. The molecule has 0 saturated heterocycles. The van der Waals surface area contributed by atoms with Gasteiger partial charge >= 0.3 is 11.9 Å². The van der Waals surface area contributed by atoms with Crippen molar-refractivity contribution in [3.63, 3.8) is 0 Å². The minimum Gasteiger partial charge on any atom is -0.481 e. The summed E-state index contributed by atoms with van der Waals surface area (Å²) in [6, 6.07) is 0. The van der Waals surface area contributed by atoms with Crippen molar-refractivity contribution in [2.24, 2.45) is 56.7 Å². The molecule has 0 aromatic rings. The first-order chi connectivity index (χ1) is 17.4. The third-order valence-electron chi connectivity index (χ3n) is 13.8. The lowest BCUT2D eigenvalue weighted by Gasteiger charge is -2.73. The number of aliphatic hydroxyl groups is 2. The second-order valence-corrected chi connectivity index (χ2v) is 15.4. The summed E-state index contributed by atoms with van der Waals surface area (Å²) < 4.78 is 5.78. The maximum absolute atomic E-state index is 13.2. The second kappa shape index (κ2) is 8.31. The zero-order valence-corrected chi connectivity index (χ0v) is 24.6. The van der Waals surface area contributed by atoms with E-state index in [4.69, 9.17) is 4.74 Å². The highest BCUT2D eigenvalue weighted by atomic mass is 16.7. The minimum atomic E-state index is -2.07. The Bertz CT molecular complexity index is 1050. The van der Waals surface area contributed by atoms with Crippen LogP contribution in [0, 0.1) is 56.7 Å². The third kappa shape index (κ3) is 3.19. The summed E-state index contributed by atoms with van der Waals surface area (Å²) >= 11 is 0. The summed E-state index contributed by atoms with van der Waals surface area (Å²) in [6.07, 6.45) is 6.44. The van der Waals surface area contributed by atoms with Gasteiger partial charge in [-0.3, -0.25) is 9.59 Å². The molecule has 0 aromatic carbocycles. The fourth-order valence-electron chi connectivity index (χ4n) is 12.0. The lowest BCUT2D eigenvalue weighted by molar-refractivity contribution is -0.341. The molecule has 5 aliphatic rings. The number of hydrogen-bond donors (Lipinski definition) is 3. The van der Waals surface area contributed by atoms with Crippen LogP contribution in [-0.4, -0.2) is 39.1 Å². The number of esters is 1. The van der Waals surface area contributed by atoms with Gasteiger partial charge in [0.25, 0.3) is 0 Å². The number of carboxylic acids is 1. The van der Waals surface area contributed by atoms with E-state index in [9.17, 15) is 24.9 Å². The van der Waals surface area contributed by atoms with Gasteiger partial charge in [-0.1, -0.05) is 46.8 Å². The molecule has 5 fully saturated rings. The number of hydrogen-bond acceptors (Lipinski definition) is 5. The first kappa shape index (κ1) is 28.1. The van der Waals surface area contributed by atoms with Gasteiger partial charge in [0.1, 0.15) is 5.41 Å². The van der Waals surface area contributed by atoms with Crippen LogP contribution < -0.4 is 0 Å². The maximum Gasteiger partial charge on any atom is 0.316 e. The smallest absolute Gasteiger partial charge is 0.316 e. The Kier molecular flexibility index (Phi) is 6.16. The van der Waals surface area contributed by atoms with E-state index in [0.717, 1.165) is 44.1 Å². The van der Waals surface area contributed by atoms with Gasteiger partial charge in [0, 0.05) is 13.3 Å². The third-order valence-corrected chi connectivity index (χ3v) is 13.8. The Hall–Kier alpha value is -1.40. The summed E-state index contributed by atoms with van der Waals surface area (Å²) in [5.74, 6) is -3.27. The second-order valence-electron chi connectivity index (χ2n) is 15.4. The summed E-state index contributed by atoms with van der Waals surface area (Å²) in [5.41, 5.74) is -1.27. The molecule has 0 radical (unpaired) electrons. The molecule has 38 heavy (non-hydrogen) atoms. The summed E-state index contributed by atoms with van der Waals surface area (Å²) in [7, 11) is 0. The van der Waals surface area contributed by atoms with Crippen molar-refractivity contribution >= 4 is 11.9 Å². The van der Waals surface area contributed by atoms with Gasteiger partial charge in [0.2, 0.25) is 5.79 Å². The number of aliphatic carboxylic acids is 1. The van der Waals surface area contributed by atoms with Crippen molar-refractivity contribution in [1.82, 2.24) is 0 Å². The maximum atomic E-state index is 13.2. The Balaban J connectivity index is 1.67. The molecule has 6 nitrogen and oxygen atoms in total. The van der Waals surface area contributed by atoms with Crippen LogP contribution in [0.4, 0.5) is 0 Å². The molecule has 5 aliphatic carbocycles. The summed E-state index contributed by atoms with van der Waals surface area (Å²) in [4.78, 5) is 25.6. The highest BCUT2D eigenvalue weighted by Crippen LogP contribution is 2.79. The molecular weight excluding hydrogens is 480 g/mol. The fourth-order valence-corrected chi connectivity index (χ4v) is 12.0. The highest BCUT2D eigenvalue weighted by Gasteiger charge is 2.79. The molecule has 1 unspecified atom stereocenters. The fraction of sp³-hybridized carbons (Fsp3) is 0.875. The number of aliphatic hydroxyl groups excluding tert-OH is 1. The predicted molar refractivity (Wildman–Crippen MR) is 145 cm³/mol. The highest BCUT2D eigenvalue weighted by molar-refractivity contribution is 5.79. The SMILES string of the molecule is C=C(C)[C@@H]1CC[C@@]2(C(=O)O)[C@H]1[C@H]1CC[C@@H]3[C@@]4(C)CC[C@H](O)C(C)(C)[C@@H]4CC[C@@]3(C)[C@]1(C)CC2(O)OC(C)=O. The lowest BCUT2D eigenvalue weighted by Crippen LogP contribution is -2.73. The number of rotatable bonds is 3. The van der Waals surface area contributed by atoms with Crippen LogP contribution in [0.3, 0.4) is 0 Å².